The molecular weight excluding hydrogens is 242 g/mol. The van der Waals surface area contributed by atoms with E-state index in [0.717, 1.165) is 24.4 Å². The van der Waals surface area contributed by atoms with Gasteiger partial charge in [0.25, 0.3) is 0 Å². The maximum atomic E-state index is 11.7. The zero-order valence-corrected chi connectivity index (χ0v) is 11.2. The molecule has 1 saturated heterocycles. The molecule has 0 amide bonds. The number of ether oxygens (including phenoxy) is 2. The quantitative estimate of drug-likeness (QED) is 0.613. The minimum atomic E-state index is -0.298. The lowest BCUT2D eigenvalue weighted by atomic mass is 10.2. The summed E-state index contributed by atoms with van der Waals surface area (Å²) in [5, 5.41) is 0. The first-order chi connectivity index (χ1) is 9.25. The molecule has 1 fully saturated rings. The minimum absolute atomic E-state index is 0.298. The Morgan fingerprint density at radius 1 is 1.32 bits per heavy atom. The molecule has 1 aliphatic rings. The van der Waals surface area contributed by atoms with Crippen molar-refractivity contribution in [2.75, 3.05) is 26.3 Å². The van der Waals surface area contributed by atoms with E-state index in [4.69, 9.17) is 9.47 Å². The van der Waals surface area contributed by atoms with Gasteiger partial charge in [0.05, 0.1) is 13.2 Å². The zero-order valence-electron chi connectivity index (χ0n) is 11.2. The van der Waals surface area contributed by atoms with Crippen LogP contribution in [-0.2, 0) is 20.9 Å². The molecule has 0 aliphatic carbocycles. The van der Waals surface area contributed by atoms with Crippen molar-refractivity contribution in [3.8, 4) is 0 Å². The first-order valence-electron chi connectivity index (χ1n) is 6.47. The van der Waals surface area contributed by atoms with Gasteiger partial charge in [0.1, 0.15) is 6.61 Å². The van der Waals surface area contributed by atoms with E-state index in [0.29, 0.717) is 19.8 Å². The minimum Gasteiger partial charge on any atom is -0.458 e. The Bertz CT molecular complexity index is 436. The van der Waals surface area contributed by atoms with E-state index in [1.807, 2.05) is 37.3 Å². The highest BCUT2D eigenvalue weighted by Crippen LogP contribution is 2.08. The number of carbonyl (C=O) groups is 1. The van der Waals surface area contributed by atoms with Crippen LogP contribution in [0.1, 0.15) is 12.5 Å². The first kappa shape index (κ1) is 13.6. The van der Waals surface area contributed by atoms with Gasteiger partial charge in [-0.15, -0.1) is 0 Å². The first-order valence-corrected chi connectivity index (χ1v) is 6.47. The SMILES string of the molecule is C/C(=C\C(=O)OCc1ccccc1)N1CCOCC1. The van der Waals surface area contributed by atoms with Gasteiger partial charge in [0.2, 0.25) is 0 Å². The highest BCUT2D eigenvalue weighted by molar-refractivity contribution is 5.82. The molecule has 0 atom stereocenters. The molecule has 0 radical (unpaired) electrons. The Labute approximate surface area is 113 Å². The lowest BCUT2D eigenvalue weighted by Crippen LogP contribution is -2.35. The van der Waals surface area contributed by atoms with Gasteiger partial charge < -0.3 is 14.4 Å². The number of nitrogens with zero attached hydrogens (tertiary/aromatic N) is 1. The maximum Gasteiger partial charge on any atom is 0.332 e. The second-order valence-corrected chi connectivity index (χ2v) is 4.48. The van der Waals surface area contributed by atoms with E-state index in [-0.39, 0.29) is 5.97 Å². The Hall–Kier alpha value is -1.81. The van der Waals surface area contributed by atoms with Crippen LogP contribution in [-0.4, -0.2) is 37.2 Å². The number of esters is 1. The largest absolute Gasteiger partial charge is 0.458 e. The smallest absolute Gasteiger partial charge is 0.332 e. The van der Waals surface area contributed by atoms with Gasteiger partial charge in [-0.2, -0.15) is 0 Å². The fourth-order valence-corrected chi connectivity index (χ4v) is 1.95. The van der Waals surface area contributed by atoms with E-state index >= 15 is 0 Å². The molecule has 0 aromatic heterocycles. The Balaban J connectivity index is 1.82. The summed E-state index contributed by atoms with van der Waals surface area (Å²) in [4.78, 5) is 13.8. The van der Waals surface area contributed by atoms with Crippen molar-refractivity contribution in [1.82, 2.24) is 4.90 Å². The van der Waals surface area contributed by atoms with E-state index in [1.165, 1.54) is 0 Å². The summed E-state index contributed by atoms with van der Waals surface area (Å²) in [5.41, 5.74) is 1.93. The van der Waals surface area contributed by atoms with Crippen molar-refractivity contribution >= 4 is 5.97 Å². The average molecular weight is 261 g/mol. The highest BCUT2D eigenvalue weighted by Gasteiger charge is 2.11. The molecule has 0 spiro atoms. The Morgan fingerprint density at radius 2 is 2.00 bits per heavy atom. The number of allylic oxidation sites excluding steroid dienone is 1. The van der Waals surface area contributed by atoms with Crippen molar-refractivity contribution in [2.45, 2.75) is 13.5 Å². The summed E-state index contributed by atoms with van der Waals surface area (Å²) >= 11 is 0. The van der Waals surface area contributed by atoms with Gasteiger partial charge in [-0.05, 0) is 12.5 Å². The highest BCUT2D eigenvalue weighted by atomic mass is 16.5. The molecule has 4 heteroatoms. The Morgan fingerprint density at radius 3 is 2.68 bits per heavy atom. The van der Waals surface area contributed by atoms with Gasteiger partial charge in [-0.1, -0.05) is 30.3 Å². The standard InChI is InChI=1S/C15H19NO3/c1-13(16-7-9-18-10-8-16)11-15(17)19-12-14-5-3-2-4-6-14/h2-6,11H,7-10,12H2,1H3/b13-11+. The third-order valence-corrected chi connectivity index (χ3v) is 3.06. The van der Waals surface area contributed by atoms with Crippen LogP contribution in [0.5, 0.6) is 0 Å². The normalized spacial score (nSPS) is 16.3. The van der Waals surface area contributed by atoms with Crippen LogP contribution < -0.4 is 0 Å². The predicted octanol–water partition coefficient (Wildman–Crippen LogP) is 1.97. The third-order valence-electron chi connectivity index (χ3n) is 3.06. The van der Waals surface area contributed by atoms with Crippen LogP contribution in [0.25, 0.3) is 0 Å². The summed E-state index contributed by atoms with van der Waals surface area (Å²) in [5.74, 6) is -0.298. The number of rotatable bonds is 4. The van der Waals surface area contributed by atoms with Crippen molar-refractivity contribution < 1.29 is 14.3 Å². The molecule has 0 bridgehead atoms. The van der Waals surface area contributed by atoms with Crippen molar-refractivity contribution in [1.29, 1.82) is 0 Å². The van der Waals surface area contributed by atoms with Gasteiger partial charge in [0.15, 0.2) is 0 Å². The number of morpholine rings is 1. The van der Waals surface area contributed by atoms with Crippen molar-refractivity contribution in [3.63, 3.8) is 0 Å². The second-order valence-electron chi connectivity index (χ2n) is 4.48. The van der Waals surface area contributed by atoms with Crippen LogP contribution >= 0.6 is 0 Å². The lowest BCUT2D eigenvalue weighted by Gasteiger charge is -2.29. The average Bonchev–Trinajstić information content (AvgIpc) is 2.47. The number of benzene rings is 1. The van der Waals surface area contributed by atoms with Crippen LogP contribution in [0.4, 0.5) is 0 Å². The van der Waals surface area contributed by atoms with E-state index < -0.39 is 0 Å². The molecule has 1 heterocycles. The van der Waals surface area contributed by atoms with Crippen molar-refractivity contribution in [2.24, 2.45) is 0 Å². The number of hydrogen-bond donors (Lipinski definition) is 0. The fraction of sp³-hybridized carbons (Fsp3) is 0.400. The molecule has 0 saturated carbocycles. The van der Waals surface area contributed by atoms with Gasteiger partial charge in [-0.3, -0.25) is 0 Å². The van der Waals surface area contributed by atoms with Crippen LogP contribution in [0.2, 0.25) is 0 Å². The van der Waals surface area contributed by atoms with Gasteiger partial charge >= 0.3 is 5.97 Å². The second kappa shape index (κ2) is 6.95. The fourth-order valence-electron chi connectivity index (χ4n) is 1.95. The summed E-state index contributed by atoms with van der Waals surface area (Å²) in [6.07, 6.45) is 1.55. The van der Waals surface area contributed by atoms with Crippen LogP contribution in [0.15, 0.2) is 42.1 Å². The predicted molar refractivity (Wildman–Crippen MR) is 72.4 cm³/mol. The van der Waals surface area contributed by atoms with Crippen LogP contribution in [0.3, 0.4) is 0 Å². The summed E-state index contributed by atoms with van der Waals surface area (Å²) < 4.78 is 10.5. The van der Waals surface area contributed by atoms with Gasteiger partial charge in [0, 0.05) is 24.9 Å². The summed E-state index contributed by atoms with van der Waals surface area (Å²) in [7, 11) is 0. The molecule has 102 valence electrons. The van der Waals surface area contributed by atoms with Gasteiger partial charge in [-0.25, -0.2) is 4.79 Å². The van der Waals surface area contributed by atoms with E-state index in [2.05, 4.69) is 4.90 Å². The molecule has 0 unspecified atom stereocenters. The Kier molecular flexibility index (Phi) is 4.98. The maximum absolute atomic E-state index is 11.7. The topological polar surface area (TPSA) is 38.8 Å². The zero-order chi connectivity index (χ0) is 13.5. The van der Waals surface area contributed by atoms with Crippen molar-refractivity contribution in [3.05, 3.63) is 47.7 Å². The van der Waals surface area contributed by atoms with Crippen LogP contribution in [0, 0.1) is 0 Å². The van der Waals surface area contributed by atoms with E-state index in [9.17, 15) is 4.79 Å². The summed E-state index contributed by atoms with van der Waals surface area (Å²) in [6.45, 7) is 5.32. The number of carbonyl (C=O) groups excluding carboxylic acids is 1. The summed E-state index contributed by atoms with van der Waals surface area (Å²) in [6, 6.07) is 9.67. The third kappa shape index (κ3) is 4.41. The number of hydrogen-bond acceptors (Lipinski definition) is 4. The lowest BCUT2D eigenvalue weighted by molar-refractivity contribution is -0.139. The van der Waals surface area contributed by atoms with E-state index in [1.54, 1.807) is 6.08 Å². The molecular formula is C15H19NO3. The molecule has 0 N–H and O–H groups in total. The monoisotopic (exact) mass is 261 g/mol. The molecule has 19 heavy (non-hydrogen) atoms. The molecule has 1 aliphatic heterocycles. The molecule has 4 nitrogen and oxygen atoms in total. The molecule has 2 rings (SSSR count). The molecule has 1 aromatic carbocycles. The molecule has 1 aromatic rings.